The molecular formula is C12H16N4O2. The monoisotopic (exact) mass is 248 g/mol. The number of carboxylic acid groups (broad SMARTS) is 1. The number of carbonyl (C=O) groups is 1. The molecule has 18 heavy (non-hydrogen) atoms. The number of nitrogens with two attached hydrogens (primary N) is 1. The van der Waals surface area contributed by atoms with Crippen LogP contribution < -0.4 is 5.73 Å². The largest absolute Gasteiger partial charge is 0.480 e. The van der Waals surface area contributed by atoms with Gasteiger partial charge in [-0.25, -0.2) is 4.98 Å². The number of hydrogen-bond donors (Lipinski definition) is 3. The summed E-state index contributed by atoms with van der Waals surface area (Å²) in [6.07, 6.45) is 0. The van der Waals surface area contributed by atoms with Crippen LogP contribution >= 0.6 is 0 Å². The van der Waals surface area contributed by atoms with Crippen LogP contribution in [-0.4, -0.2) is 45.6 Å². The van der Waals surface area contributed by atoms with Gasteiger partial charge in [0, 0.05) is 13.1 Å². The molecule has 0 saturated carbocycles. The Morgan fingerprint density at radius 1 is 1.44 bits per heavy atom. The van der Waals surface area contributed by atoms with Gasteiger partial charge < -0.3 is 15.8 Å². The van der Waals surface area contributed by atoms with Gasteiger partial charge in [-0.05, 0) is 12.1 Å². The number of benzene rings is 1. The van der Waals surface area contributed by atoms with Crippen molar-refractivity contribution in [1.29, 1.82) is 0 Å². The van der Waals surface area contributed by atoms with E-state index in [4.69, 9.17) is 10.8 Å². The zero-order valence-electron chi connectivity index (χ0n) is 9.97. The summed E-state index contributed by atoms with van der Waals surface area (Å²) in [4.78, 5) is 20.1. The number of aromatic nitrogens is 2. The van der Waals surface area contributed by atoms with Gasteiger partial charge in [-0.3, -0.25) is 9.69 Å². The second kappa shape index (κ2) is 5.61. The molecule has 1 heterocycles. The van der Waals surface area contributed by atoms with Crippen molar-refractivity contribution in [2.45, 2.75) is 6.54 Å². The average Bonchev–Trinajstić information content (AvgIpc) is 2.70. The molecule has 6 nitrogen and oxygen atoms in total. The summed E-state index contributed by atoms with van der Waals surface area (Å²) in [7, 11) is 0. The lowest BCUT2D eigenvalue weighted by molar-refractivity contribution is -0.138. The maximum atomic E-state index is 10.7. The van der Waals surface area contributed by atoms with Crippen molar-refractivity contribution in [2.24, 2.45) is 5.73 Å². The molecule has 1 aromatic heterocycles. The smallest absolute Gasteiger partial charge is 0.317 e. The fourth-order valence-corrected chi connectivity index (χ4v) is 1.88. The van der Waals surface area contributed by atoms with Crippen LogP contribution in [0.5, 0.6) is 0 Å². The lowest BCUT2D eigenvalue weighted by Gasteiger charge is -2.17. The predicted octanol–water partition coefficient (Wildman–Crippen LogP) is 0.408. The lowest BCUT2D eigenvalue weighted by Crippen LogP contribution is -2.34. The zero-order valence-corrected chi connectivity index (χ0v) is 9.97. The molecule has 0 bridgehead atoms. The van der Waals surface area contributed by atoms with Gasteiger partial charge in [0.2, 0.25) is 0 Å². The van der Waals surface area contributed by atoms with E-state index in [0.717, 1.165) is 16.9 Å². The quantitative estimate of drug-likeness (QED) is 0.688. The van der Waals surface area contributed by atoms with Gasteiger partial charge in [-0.15, -0.1) is 0 Å². The fourth-order valence-electron chi connectivity index (χ4n) is 1.88. The Hall–Kier alpha value is -1.92. The topological polar surface area (TPSA) is 95.2 Å². The number of imidazole rings is 1. The van der Waals surface area contributed by atoms with Crippen LogP contribution in [0.2, 0.25) is 0 Å². The van der Waals surface area contributed by atoms with E-state index in [1.165, 1.54) is 0 Å². The van der Waals surface area contributed by atoms with Gasteiger partial charge in [-0.1, -0.05) is 12.1 Å². The molecule has 1 aromatic carbocycles. The number of nitrogens with zero attached hydrogens (tertiary/aromatic N) is 2. The molecule has 0 saturated heterocycles. The first kappa shape index (κ1) is 12.5. The van der Waals surface area contributed by atoms with Gasteiger partial charge in [0.15, 0.2) is 0 Å². The predicted molar refractivity (Wildman–Crippen MR) is 68.1 cm³/mol. The van der Waals surface area contributed by atoms with Gasteiger partial charge in [0.05, 0.1) is 24.1 Å². The standard InChI is InChI=1S/C12H16N4O2/c13-5-6-16(8-12(17)18)7-11-14-9-3-1-2-4-10(9)15-11/h1-4H,5-8,13H2,(H,14,15)(H,17,18). The summed E-state index contributed by atoms with van der Waals surface area (Å²) >= 11 is 0. The van der Waals surface area contributed by atoms with Crippen LogP contribution in [0.25, 0.3) is 11.0 Å². The molecule has 0 atom stereocenters. The van der Waals surface area contributed by atoms with E-state index in [1.807, 2.05) is 24.3 Å². The Morgan fingerprint density at radius 3 is 2.89 bits per heavy atom. The maximum Gasteiger partial charge on any atom is 0.317 e. The third kappa shape index (κ3) is 3.06. The van der Waals surface area contributed by atoms with E-state index in [1.54, 1.807) is 4.90 Å². The van der Waals surface area contributed by atoms with Crippen molar-refractivity contribution < 1.29 is 9.90 Å². The molecule has 0 fully saturated rings. The summed E-state index contributed by atoms with van der Waals surface area (Å²) in [6.45, 7) is 1.38. The van der Waals surface area contributed by atoms with Crippen molar-refractivity contribution in [1.82, 2.24) is 14.9 Å². The number of carboxylic acids is 1. The first-order valence-corrected chi connectivity index (χ1v) is 5.77. The Bertz CT molecular complexity index is 505. The number of para-hydroxylation sites is 2. The third-order valence-electron chi connectivity index (χ3n) is 2.62. The highest BCUT2D eigenvalue weighted by atomic mass is 16.4. The highest BCUT2D eigenvalue weighted by Gasteiger charge is 2.11. The molecular weight excluding hydrogens is 232 g/mol. The number of aromatic amines is 1. The molecule has 0 aliphatic heterocycles. The molecule has 2 rings (SSSR count). The second-order valence-corrected chi connectivity index (χ2v) is 4.09. The molecule has 0 amide bonds. The zero-order chi connectivity index (χ0) is 13.0. The van der Waals surface area contributed by atoms with Crippen LogP contribution in [0.4, 0.5) is 0 Å². The van der Waals surface area contributed by atoms with Crippen molar-refractivity contribution in [2.75, 3.05) is 19.6 Å². The van der Waals surface area contributed by atoms with Gasteiger partial charge >= 0.3 is 5.97 Å². The highest BCUT2D eigenvalue weighted by molar-refractivity contribution is 5.74. The molecule has 0 aliphatic carbocycles. The molecule has 0 unspecified atom stereocenters. The molecule has 0 aliphatic rings. The van der Waals surface area contributed by atoms with E-state index >= 15 is 0 Å². The van der Waals surface area contributed by atoms with Gasteiger partial charge in [0.25, 0.3) is 0 Å². The highest BCUT2D eigenvalue weighted by Crippen LogP contribution is 2.11. The summed E-state index contributed by atoms with van der Waals surface area (Å²) in [5.74, 6) is -0.106. The van der Waals surface area contributed by atoms with Crippen molar-refractivity contribution in [3.05, 3.63) is 30.1 Å². The summed E-state index contributed by atoms with van der Waals surface area (Å²) < 4.78 is 0. The Morgan fingerprint density at radius 2 is 2.22 bits per heavy atom. The molecule has 4 N–H and O–H groups in total. The number of aliphatic carboxylic acids is 1. The number of rotatable bonds is 6. The maximum absolute atomic E-state index is 10.7. The van der Waals surface area contributed by atoms with Crippen molar-refractivity contribution in [3.8, 4) is 0 Å². The van der Waals surface area contributed by atoms with E-state index < -0.39 is 5.97 Å². The minimum atomic E-state index is -0.862. The SMILES string of the molecule is NCCN(CC(=O)O)Cc1nc2ccccc2[nH]1. The van der Waals surface area contributed by atoms with E-state index in [2.05, 4.69) is 9.97 Å². The number of nitrogens with one attached hydrogen (secondary N) is 1. The van der Waals surface area contributed by atoms with E-state index in [-0.39, 0.29) is 6.54 Å². The normalized spacial score (nSPS) is 11.2. The van der Waals surface area contributed by atoms with Crippen molar-refractivity contribution >= 4 is 17.0 Å². The Balaban J connectivity index is 2.12. The van der Waals surface area contributed by atoms with Crippen LogP contribution in [-0.2, 0) is 11.3 Å². The second-order valence-electron chi connectivity index (χ2n) is 4.09. The third-order valence-corrected chi connectivity index (χ3v) is 2.62. The molecule has 96 valence electrons. The van der Waals surface area contributed by atoms with Crippen LogP contribution in [0.15, 0.2) is 24.3 Å². The summed E-state index contributed by atoms with van der Waals surface area (Å²) in [6, 6.07) is 7.71. The minimum Gasteiger partial charge on any atom is -0.480 e. The molecule has 2 aromatic rings. The first-order chi connectivity index (χ1) is 8.69. The molecule has 0 spiro atoms. The number of hydrogen-bond acceptors (Lipinski definition) is 4. The van der Waals surface area contributed by atoms with Crippen LogP contribution in [0.1, 0.15) is 5.82 Å². The average molecular weight is 248 g/mol. The van der Waals surface area contributed by atoms with Crippen molar-refractivity contribution in [3.63, 3.8) is 0 Å². The summed E-state index contributed by atoms with van der Waals surface area (Å²) in [5, 5.41) is 8.82. The Labute approximate surface area is 104 Å². The first-order valence-electron chi connectivity index (χ1n) is 5.77. The van der Waals surface area contributed by atoms with E-state index in [9.17, 15) is 4.79 Å². The summed E-state index contributed by atoms with van der Waals surface area (Å²) in [5.41, 5.74) is 7.31. The fraction of sp³-hybridized carbons (Fsp3) is 0.333. The van der Waals surface area contributed by atoms with Gasteiger partial charge in [-0.2, -0.15) is 0 Å². The Kier molecular flexibility index (Phi) is 3.91. The number of fused-ring (bicyclic) bond motifs is 1. The minimum absolute atomic E-state index is 0.0335. The molecule has 6 heteroatoms. The van der Waals surface area contributed by atoms with Crippen LogP contribution in [0, 0.1) is 0 Å². The van der Waals surface area contributed by atoms with Gasteiger partial charge in [0.1, 0.15) is 5.82 Å². The molecule has 0 radical (unpaired) electrons. The van der Waals surface area contributed by atoms with Crippen LogP contribution in [0.3, 0.4) is 0 Å². The van der Waals surface area contributed by atoms with E-state index in [0.29, 0.717) is 19.6 Å². The number of H-pyrrole nitrogens is 1. The lowest BCUT2D eigenvalue weighted by atomic mass is 10.3.